The summed E-state index contributed by atoms with van der Waals surface area (Å²) in [7, 11) is 0. The molecule has 1 atom stereocenters. The molecule has 0 fully saturated rings. The number of alkyl halides is 6. The van der Waals surface area contributed by atoms with E-state index in [-0.39, 0.29) is 28.4 Å². The van der Waals surface area contributed by atoms with Crippen molar-refractivity contribution in [2.24, 2.45) is 10.5 Å². The summed E-state index contributed by atoms with van der Waals surface area (Å²) in [6, 6.07) is 11.6. The van der Waals surface area contributed by atoms with E-state index in [1.54, 1.807) is 11.8 Å². The molecule has 0 spiro atoms. The van der Waals surface area contributed by atoms with E-state index >= 15 is 0 Å². The molecule has 1 heterocycles. The Bertz CT molecular complexity index is 1600. The van der Waals surface area contributed by atoms with E-state index in [1.165, 1.54) is 30.3 Å². The van der Waals surface area contributed by atoms with Crippen LogP contribution in [-0.2, 0) is 12.4 Å². The Labute approximate surface area is 267 Å². The molecule has 0 aliphatic carbocycles. The van der Waals surface area contributed by atoms with Crippen LogP contribution in [0.4, 0.5) is 42.5 Å². The fourth-order valence-corrected chi connectivity index (χ4v) is 6.46. The van der Waals surface area contributed by atoms with Crippen LogP contribution in [0.15, 0.2) is 76.7 Å². The van der Waals surface area contributed by atoms with Crippen LogP contribution in [0, 0.1) is 15.5 Å². The summed E-state index contributed by atoms with van der Waals surface area (Å²) in [6.45, 7) is 1.78. The molecule has 0 saturated heterocycles. The Balaban J connectivity index is 1.78. The maximum atomic E-state index is 14.1. The average molecular weight is 691 g/mol. The maximum Gasteiger partial charge on any atom is 0.417 e. The standard InChI is InChI=1S/C29H25ClF6N4O3S2/c1-27(14-5-15-44-2)17-38(37-25(27)18-8-13-21(22(30)16-18)29(34,35)36)26(41)39(20-11-9-19(10-12-20)28(31,32)33)45-24-7-4-3-6-23(24)40(42)43/h3-4,6-13,16H,5,14-15,17H2,1-2H3. The third kappa shape index (κ3) is 7.87. The predicted molar refractivity (Wildman–Crippen MR) is 164 cm³/mol. The van der Waals surface area contributed by atoms with E-state index in [0.717, 1.165) is 51.5 Å². The molecule has 3 aromatic rings. The number of halogens is 7. The third-order valence-corrected chi connectivity index (χ3v) is 9.09. The number of urea groups is 1. The largest absolute Gasteiger partial charge is 0.417 e. The van der Waals surface area contributed by atoms with E-state index < -0.39 is 44.9 Å². The predicted octanol–water partition coefficient (Wildman–Crippen LogP) is 9.79. The van der Waals surface area contributed by atoms with Gasteiger partial charge in [0.1, 0.15) is 4.90 Å². The molecule has 4 rings (SSSR count). The minimum Gasteiger partial charge on any atom is -0.258 e. The first-order chi connectivity index (χ1) is 21.0. The van der Waals surface area contributed by atoms with Crippen LogP contribution < -0.4 is 4.31 Å². The zero-order valence-electron chi connectivity index (χ0n) is 23.7. The first-order valence-corrected chi connectivity index (χ1v) is 15.7. The highest BCUT2D eigenvalue weighted by atomic mass is 35.5. The van der Waals surface area contributed by atoms with Crippen molar-refractivity contribution >= 4 is 58.4 Å². The molecule has 16 heteroatoms. The molecule has 0 radical (unpaired) electrons. The number of hydrogen-bond donors (Lipinski definition) is 0. The molecular formula is C29H25ClF6N4O3S2. The van der Waals surface area contributed by atoms with Gasteiger partial charge in [-0.15, -0.1) is 0 Å². The van der Waals surface area contributed by atoms with Gasteiger partial charge in [-0.2, -0.15) is 43.2 Å². The van der Waals surface area contributed by atoms with Crippen molar-refractivity contribution in [2.45, 2.75) is 37.0 Å². The Kier molecular flexibility index (Phi) is 10.3. The minimum absolute atomic E-state index is 0.0125. The summed E-state index contributed by atoms with van der Waals surface area (Å²) in [5.41, 5.74) is -2.61. The number of amides is 2. The lowest BCUT2D eigenvalue weighted by Gasteiger charge is -2.29. The summed E-state index contributed by atoms with van der Waals surface area (Å²) in [5, 5.41) is 16.7. The molecule has 3 aromatic carbocycles. The Hall–Kier alpha value is -3.43. The summed E-state index contributed by atoms with van der Waals surface area (Å²) in [6.07, 6.45) is -6.24. The van der Waals surface area contributed by atoms with Gasteiger partial charge < -0.3 is 0 Å². The summed E-state index contributed by atoms with van der Waals surface area (Å²) in [5.74, 6) is 0.760. The summed E-state index contributed by atoms with van der Waals surface area (Å²) >= 11 is 8.23. The Morgan fingerprint density at radius 1 is 1.07 bits per heavy atom. The van der Waals surface area contributed by atoms with Gasteiger partial charge in [0.2, 0.25) is 0 Å². The van der Waals surface area contributed by atoms with Gasteiger partial charge in [0.25, 0.3) is 5.69 Å². The highest BCUT2D eigenvalue weighted by Crippen LogP contribution is 2.42. The van der Waals surface area contributed by atoms with Gasteiger partial charge in [0, 0.05) is 23.4 Å². The van der Waals surface area contributed by atoms with Gasteiger partial charge in [-0.25, -0.2) is 14.1 Å². The third-order valence-electron chi connectivity index (χ3n) is 6.99. The van der Waals surface area contributed by atoms with Crippen molar-refractivity contribution in [1.29, 1.82) is 0 Å². The normalized spacial score (nSPS) is 16.9. The number of carbonyl (C=O) groups excluding carboxylic acids is 1. The number of hydrazone groups is 1. The number of rotatable bonds is 9. The van der Waals surface area contributed by atoms with E-state index in [1.807, 2.05) is 13.2 Å². The van der Waals surface area contributed by atoms with Crippen LogP contribution in [0.2, 0.25) is 5.02 Å². The quantitative estimate of drug-likeness (QED) is 0.0734. The van der Waals surface area contributed by atoms with Crippen molar-refractivity contribution in [3.05, 3.63) is 98.6 Å². The van der Waals surface area contributed by atoms with Gasteiger partial charge in [0.05, 0.1) is 39.0 Å². The zero-order chi connectivity index (χ0) is 33.2. The second-order valence-corrected chi connectivity index (χ2v) is 12.7. The van der Waals surface area contributed by atoms with Crippen LogP contribution >= 0.6 is 35.3 Å². The average Bonchev–Trinajstić information content (AvgIpc) is 3.32. The number of para-hydroxylation sites is 1. The van der Waals surface area contributed by atoms with Gasteiger partial charge in [-0.3, -0.25) is 10.1 Å². The van der Waals surface area contributed by atoms with Crippen molar-refractivity contribution in [3.63, 3.8) is 0 Å². The molecule has 1 aliphatic rings. The second kappa shape index (κ2) is 13.5. The molecule has 0 saturated carbocycles. The van der Waals surface area contributed by atoms with Crippen LogP contribution in [0.1, 0.15) is 36.5 Å². The number of anilines is 1. The van der Waals surface area contributed by atoms with Crippen molar-refractivity contribution in [3.8, 4) is 0 Å². The van der Waals surface area contributed by atoms with Gasteiger partial charge in [-0.05, 0) is 72.9 Å². The van der Waals surface area contributed by atoms with Crippen molar-refractivity contribution in [2.75, 3.05) is 22.9 Å². The topological polar surface area (TPSA) is 79.0 Å². The van der Waals surface area contributed by atoms with Gasteiger partial charge in [-0.1, -0.05) is 36.7 Å². The molecule has 2 amide bonds. The number of thioether (sulfide) groups is 1. The van der Waals surface area contributed by atoms with E-state index in [0.29, 0.717) is 30.5 Å². The van der Waals surface area contributed by atoms with Crippen LogP contribution in [0.5, 0.6) is 0 Å². The van der Waals surface area contributed by atoms with Crippen LogP contribution in [-0.4, -0.2) is 40.2 Å². The second-order valence-electron chi connectivity index (χ2n) is 10.3. The molecular weight excluding hydrogens is 666 g/mol. The van der Waals surface area contributed by atoms with Crippen LogP contribution in [0.25, 0.3) is 0 Å². The molecule has 240 valence electrons. The number of nitro groups is 1. The highest BCUT2D eigenvalue weighted by Gasteiger charge is 2.43. The van der Waals surface area contributed by atoms with Gasteiger partial charge in [0.15, 0.2) is 0 Å². The fraction of sp³-hybridized carbons (Fsp3) is 0.310. The number of hydrogen-bond acceptors (Lipinski definition) is 6. The lowest BCUT2D eigenvalue weighted by atomic mass is 9.78. The van der Waals surface area contributed by atoms with Crippen molar-refractivity contribution < 1.29 is 36.1 Å². The summed E-state index contributed by atoms with van der Waals surface area (Å²) in [4.78, 5) is 25.2. The molecule has 0 aromatic heterocycles. The molecule has 0 N–H and O–H groups in total. The van der Waals surface area contributed by atoms with Crippen molar-refractivity contribution in [1.82, 2.24) is 5.01 Å². The highest BCUT2D eigenvalue weighted by molar-refractivity contribution is 8.01. The van der Waals surface area contributed by atoms with E-state index in [4.69, 9.17) is 11.6 Å². The maximum absolute atomic E-state index is 14.1. The number of benzene rings is 3. The molecule has 0 bridgehead atoms. The lowest BCUT2D eigenvalue weighted by molar-refractivity contribution is -0.387. The molecule has 1 aliphatic heterocycles. The minimum atomic E-state index is -4.68. The Morgan fingerprint density at radius 3 is 2.31 bits per heavy atom. The zero-order valence-corrected chi connectivity index (χ0v) is 26.0. The SMILES string of the molecule is CSCCCC1(C)CN(C(=O)N(Sc2ccccc2[N+](=O)[O-])c2ccc(C(F)(F)F)cc2)N=C1c1ccc(C(F)(F)F)c(Cl)c1. The number of carbonyl (C=O) groups is 1. The monoisotopic (exact) mass is 690 g/mol. The van der Waals surface area contributed by atoms with E-state index in [2.05, 4.69) is 5.10 Å². The van der Waals surface area contributed by atoms with Gasteiger partial charge >= 0.3 is 18.4 Å². The first kappa shape index (κ1) is 34.4. The Morgan fingerprint density at radius 2 is 1.73 bits per heavy atom. The molecule has 45 heavy (non-hydrogen) atoms. The fourth-order valence-electron chi connectivity index (χ4n) is 4.77. The molecule has 7 nitrogen and oxygen atoms in total. The summed E-state index contributed by atoms with van der Waals surface area (Å²) < 4.78 is 81.1. The lowest BCUT2D eigenvalue weighted by Crippen LogP contribution is -2.39. The smallest absolute Gasteiger partial charge is 0.258 e. The number of nitrogens with zero attached hydrogens (tertiary/aromatic N) is 4. The molecule has 1 unspecified atom stereocenters. The number of nitro benzene ring substituents is 1. The van der Waals surface area contributed by atoms with Crippen LogP contribution in [0.3, 0.4) is 0 Å². The van der Waals surface area contributed by atoms with E-state index in [9.17, 15) is 41.3 Å². The first-order valence-electron chi connectivity index (χ1n) is 13.2.